The number of nitrogens with zero attached hydrogens (tertiary/aromatic N) is 4. The van der Waals surface area contributed by atoms with E-state index in [2.05, 4.69) is 19.7 Å². The zero-order chi connectivity index (χ0) is 16.4. The lowest BCUT2D eigenvalue weighted by molar-refractivity contribution is 0.573. The molecule has 3 rings (SSSR count). The molecule has 0 radical (unpaired) electrons. The molecule has 0 saturated carbocycles. The predicted molar refractivity (Wildman–Crippen MR) is 89.1 cm³/mol. The Bertz CT molecular complexity index is 774. The van der Waals surface area contributed by atoms with Crippen LogP contribution in [0.15, 0.2) is 29.6 Å². The Hall–Kier alpha value is -2.09. The number of rotatable bonds is 4. The van der Waals surface area contributed by atoms with Crippen molar-refractivity contribution in [1.82, 2.24) is 14.8 Å². The summed E-state index contributed by atoms with van der Waals surface area (Å²) >= 11 is 0. The number of nitrogens with one attached hydrogen (secondary N) is 1. The SMILES string of the molecule is Cc1cnn(C)c1S(=O)(=O)Nc1ccnc(N2CCCCC2)c1. The summed E-state index contributed by atoms with van der Waals surface area (Å²) < 4.78 is 29.2. The average Bonchev–Trinajstić information content (AvgIpc) is 2.88. The molecule has 0 bridgehead atoms. The van der Waals surface area contributed by atoms with Crippen LogP contribution >= 0.6 is 0 Å². The fraction of sp³-hybridized carbons (Fsp3) is 0.467. The molecule has 1 saturated heterocycles. The van der Waals surface area contributed by atoms with Gasteiger partial charge in [-0.2, -0.15) is 13.5 Å². The molecule has 0 atom stereocenters. The molecule has 0 spiro atoms. The van der Waals surface area contributed by atoms with E-state index in [1.54, 1.807) is 38.5 Å². The van der Waals surface area contributed by atoms with E-state index < -0.39 is 10.0 Å². The first kappa shape index (κ1) is 15.8. The van der Waals surface area contributed by atoms with E-state index in [-0.39, 0.29) is 5.03 Å². The topological polar surface area (TPSA) is 80.1 Å². The van der Waals surface area contributed by atoms with Gasteiger partial charge in [-0.1, -0.05) is 0 Å². The van der Waals surface area contributed by atoms with E-state index in [4.69, 9.17) is 0 Å². The second-order valence-corrected chi connectivity index (χ2v) is 7.41. The van der Waals surface area contributed by atoms with E-state index in [1.807, 2.05) is 0 Å². The van der Waals surface area contributed by atoms with Gasteiger partial charge in [0.15, 0.2) is 5.03 Å². The number of sulfonamides is 1. The third kappa shape index (κ3) is 3.31. The van der Waals surface area contributed by atoms with Crippen LogP contribution in [0.4, 0.5) is 11.5 Å². The molecule has 7 nitrogen and oxygen atoms in total. The van der Waals surface area contributed by atoms with E-state index in [0.717, 1.165) is 31.7 Å². The zero-order valence-electron chi connectivity index (χ0n) is 13.4. The number of aromatic nitrogens is 3. The number of piperidine rings is 1. The quantitative estimate of drug-likeness (QED) is 0.923. The van der Waals surface area contributed by atoms with Crippen LogP contribution in [0.1, 0.15) is 24.8 Å². The first-order valence-corrected chi connectivity index (χ1v) is 9.18. The Labute approximate surface area is 136 Å². The first-order chi connectivity index (χ1) is 11.0. The van der Waals surface area contributed by atoms with Crippen LogP contribution in [-0.2, 0) is 17.1 Å². The summed E-state index contributed by atoms with van der Waals surface area (Å²) in [7, 11) is -2.06. The minimum Gasteiger partial charge on any atom is -0.357 e. The van der Waals surface area contributed by atoms with E-state index in [9.17, 15) is 8.42 Å². The third-order valence-corrected chi connectivity index (χ3v) is 5.59. The summed E-state index contributed by atoms with van der Waals surface area (Å²) in [6, 6.07) is 3.45. The zero-order valence-corrected chi connectivity index (χ0v) is 14.2. The molecule has 124 valence electrons. The van der Waals surface area contributed by atoms with Gasteiger partial charge in [0.2, 0.25) is 0 Å². The molecule has 0 unspecified atom stereocenters. The lowest BCUT2D eigenvalue weighted by Crippen LogP contribution is -2.30. The maximum atomic E-state index is 12.6. The summed E-state index contributed by atoms with van der Waals surface area (Å²) in [4.78, 5) is 6.56. The van der Waals surface area contributed by atoms with E-state index in [0.29, 0.717) is 11.3 Å². The van der Waals surface area contributed by atoms with Crippen molar-refractivity contribution in [2.75, 3.05) is 22.7 Å². The molecule has 2 aromatic heterocycles. The second kappa shape index (κ2) is 6.19. The van der Waals surface area contributed by atoms with Crippen LogP contribution < -0.4 is 9.62 Å². The van der Waals surface area contributed by atoms with Crippen LogP contribution in [0.3, 0.4) is 0 Å². The van der Waals surface area contributed by atoms with Gasteiger partial charge >= 0.3 is 0 Å². The predicted octanol–water partition coefficient (Wildman–Crippen LogP) is 1.91. The van der Waals surface area contributed by atoms with Crippen LogP contribution in [0.5, 0.6) is 0 Å². The van der Waals surface area contributed by atoms with Crippen molar-refractivity contribution in [3.05, 3.63) is 30.1 Å². The molecule has 1 aliphatic heterocycles. The van der Waals surface area contributed by atoms with Gasteiger partial charge in [0.1, 0.15) is 5.82 Å². The Balaban J connectivity index is 1.85. The van der Waals surface area contributed by atoms with Gasteiger partial charge < -0.3 is 4.90 Å². The fourth-order valence-electron chi connectivity index (χ4n) is 2.90. The Morgan fingerprint density at radius 1 is 1.22 bits per heavy atom. The number of anilines is 2. The lowest BCUT2D eigenvalue weighted by Gasteiger charge is -2.27. The molecule has 2 aromatic rings. The maximum Gasteiger partial charge on any atom is 0.279 e. The molecule has 0 aliphatic carbocycles. The highest BCUT2D eigenvalue weighted by molar-refractivity contribution is 7.92. The van der Waals surface area contributed by atoms with Gasteiger partial charge in [-0.05, 0) is 32.3 Å². The van der Waals surface area contributed by atoms with Crippen LogP contribution in [0.25, 0.3) is 0 Å². The van der Waals surface area contributed by atoms with Gasteiger partial charge in [0.05, 0.1) is 11.9 Å². The van der Waals surface area contributed by atoms with Crippen LogP contribution in [-0.4, -0.2) is 36.3 Å². The number of hydrogen-bond donors (Lipinski definition) is 1. The number of hydrogen-bond acceptors (Lipinski definition) is 5. The van der Waals surface area contributed by atoms with Crippen molar-refractivity contribution < 1.29 is 8.42 Å². The second-order valence-electron chi connectivity index (χ2n) is 5.81. The monoisotopic (exact) mass is 335 g/mol. The van der Waals surface area contributed by atoms with Crippen molar-refractivity contribution in [3.63, 3.8) is 0 Å². The normalized spacial score (nSPS) is 15.7. The number of pyridine rings is 1. The van der Waals surface area contributed by atoms with E-state index >= 15 is 0 Å². The molecule has 0 aromatic carbocycles. The molecule has 1 aliphatic rings. The minimum absolute atomic E-state index is 0.175. The van der Waals surface area contributed by atoms with Crippen LogP contribution in [0.2, 0.25) is 0 Å². The summed E-state index contributed by atoms with van der Waals surface area (Å²) in [5.74, 6) is 0.812. The highest BCUT2D eigenvalue weighted by Crippen LogP contribution is 2.23. The Kier molecular flexibility index (Phi) is 4.25. The molecular weight excluding hydrogens is 314 g/mol. The molecule has 3 heterocycles. The number of aryl methyl sites for hydroxylation is 2. The van der Waals surface area contributed by atoms with Gasteiger partial charge in [-0.3, -0.25) is 9.40 Å². The van der Waals surface area contributed by atoms with Crippen LogP contribution in [0, 0.1) is 6.92 Å². The Morgan fingerprint density at radius 2 is 1.96 bits per heavy atom. The summed E-state index contributed by atoms with van der Waals surface area (Å²) in [5, 5.41) is 4.17. The first-order valence-electron chi connectivity index (χ1n) is 7.70. The molecule has 23 heavy (non-hydrogen) atoms. The van der Waals surface area contributed by atoms with Crippen molar-refractivity contribution in [1.29, 1.82) is 0 Å². The third-order valence-electron chi connectivity index (χ3n) is 3.99. The molecule has 0 amide bonds. The molecular formula is C15H21N5O2S. The van der Waals surface area contributed by atoms with E-state index in [1.165, 1.54) is 11.1 Å². The highest BCUT2D eigenvalue weighted by atomic mass is 32.2. The maximum absolute atomic E-state index is 12.6. The largest absolute Gasteiger partial charge is 0.357 e. The summed E-state index contributed by atoms with van der Waals surface area (Å²) in [6.07, 6.45) is 6.71. The van der Waals surface area contributed by atoms with Crippen molar-refractivity contribution in [3.8, 4) is 0 Å². The Morgan fingerprint density at radius 3 is 2.61 bits per heavy atom. The lowest BCUT2D eigenvalue weighted by atomic mass is 10.1. The standard InChI is InChI=1S/C15H21N5O2S/c1-12-11-17-19(2)15(12)23(21,22)18-13-6-7-16-14(10-13)20-8-4-3-5-9-20/h6-7,10-11H,3-5,8-9H2,1-2H3,(H,16,18). The van der Waals surface area contributed by atoms with Gasteiger partial charge in [0, 0.05) is 38.0 Å². The molecule has 1 fully saturated rings. The van der Waals surface area contributed by atoms with Crippen molar-refractivity contribution >= 4 is 21.5 Å². The molecule has 8 heteroatoms. The smallest absolute Gasteiger partial charge is 0.279 e. The average molecular weight is 335 g/mol. The highest BCUT2D eigenvalue weighted by Gasteiger charge is 2.22. The van der Waals surface area contributed by atoms with Gasteiger partial charge in [-0.25, -0.2) is 4.98 Å². The van der Waals surface area contributed by atoms with Gasteiger partial charge in [-0.15, -0.1) is 0 Å². The summed E-state index contributed by atoms with van der Waals surface area (Å²) in [5.41, 5.74) is 1.13. The molecule has 1 N–H and O–H groups in total. The minimum atomic E-state index is -3.67. The fourth-order valence-corrected chi connectivity index (χ4v) is 4.31. The van der Waals surface area contributed by atoms with Crippen molar-refractivity contribution in [2.45, 2.75) is 31.2 Å². The van der Waals surface area contributed by atoms with Crippen molar-refractivity contribution in [2.24, 2.45) is 7.05 Å². The summed E-state index contributed by atoms with van der Waals surface area (Å²) in [6.45, 7) is 3.65. The van der Waals surface area contributed by atoms with Gasteiger partial charge in [0.25, 0.3) is 10.0 Å².